The van der Waals surface area contributed by atoms with Crippen LogP contribution in [-0.4, -0.2) is 62.7 Å². The largest absolute Gasteiger partial charge is 0.453 e. The number of nitrogens with one attached hydrogen (secondary N) is 2. The fourth-order valence-electron chi connectivity index (χ4n) is 1.88. The van der Waals surface area contributed by atoms with E-state index in [0.717, 1.165) is 25.5 Å². The second-order valence-corrected chi connectivity index (χ2v) is 3.62. The molecule has 6 nitrogen and oxygen atoms in total. The molecule has 1 unspecified atom stereocenters. The van der Waals surface area contributed by atoms with Crippen LogP contribution in [0.4, 0.5) is 4.79 Å². The molecule has 0 aromatic heterocycles. The molecule has 2 aliphatic heterocycles. The van der Waals surface area contributed by atoms with Crippen molar-refractivity contribution in [2.24, 2.45) is 4.99 Å². The topological polar surface area (TPSA) is 66.0 Å². The third kappa shape index (κ3) is 2.20. The molecule has 6 heteroatoms. The average Bonchev–Trinajstić information content (AvgIpc) is 2.82. The first kappa shape index (κ1) is 10.2. The molecule has 1 amide bonds. The van der Waals surface area contributed by atoms with E-state index < -0.39 is 0 Å². The molecule has 2 heterocycles. The maximum Gasteiger partial charge on any atom is 0.409 e. The van der Waals surface area contributed by atoms with Crippen molar-refractivity contribution in [2.75, 3.05) is 39.8 Å². The van der Waals surface area contributed by atoms with Gasteiger partial charge in [0.05, 0.1) is 19.7 Å². The van der Waals surface area contributed by atoms with Crippen LogP contribution < -0.4 is 10.6 Å². The van der Waals surface area contributed by atoms with Gasteiger partial charge in [0, 0.05) is 26.2 Å². The second kappa shape index (κ2) is 4.48. The van der Waals surface area contributed by atoms with E-state index in [9.17, 15) is 4.79 Å². The van der Waals surface area contributed by atoms with Gasteiger partial charge in [0.25, 0.3) is 0 Å². The van der Waals surface area contributed by atoms with Crippen LogP contribution in [-0.2, 0) is 4.74 Å². The Morgan fingerprint density at radius 2 is 2.47 bits per heavy atom. The molecule has 2 rings (SSSR count). The second-order valence-electron chi connectivity index (χ2n) is 3.62. The van der Waals surface area contributed by atoms with Crippen LogP contribution in [0, 0.1) is 0 Å². The van der Waals surface area contributed by atoms with Gasteiger partial charge in [-0.3, -0.25) is 4.99 Å². The van der Waals surface area contributed by atoms with Crippen molar-refractivity contribution in [3.63, 3.8) is 0 Å². The molecule has 1 fully saturated rings. The van der Waals surface area contributed by atoms with E-state index in [1.54, 1.807) is 4.90 Å². The molecule has 1 saturated heterocycles. The van der Waals surface area contributed by atoms with Gasteiger partial charge in [-0.1, -0.05) is 0 Å². The summed E-state index contributed by atoms with van der Waals surface area (Å²) in [6.07, 6.45) is -0.264. The standard InChI is InChI=1S/C9H16N4O2/c1-15-9(14)13-5-4-10-7(6-13)8-11-2-3-12-8/h7,10H,2-6H2,1H3,(H,11,12). The van der Waals surface area contributed by atoms with Crippen molar-refractivity contribution in [2.45, 2.75) is 6.04 Å². The minimum atomic E-state index is -0.264. The summed E-state index contributed by atoms with van der Waals surface area (Å²) in [7, 11) is 1.41. The Hall–Kier alpha value is -1.30. The number of ether oxygens (including phenoxy) is 1. The number of rotatable bonds is 1. The molecule has 2 aliphatic rings. The van der Waals surface area contributed by atoms with Crippen LogP contribution in [0.3, 0.4) is 0 Å². The highest BCUT2D eigenvalue weighted by atomic mass is 16.5. The smallest absolute Gasteiger partial charge is 0.409 e. The van der Waals surface area contributed by atoms with E-state index in [2.05, 4.69) is 15.6 Å². The number of aliphatic imine (C=N–C) groups is 1. The first-order valence-corrected chi connectivity index (χ1v) is 5.16. The highest BCUT2D eigenvalue weighted by Crippen LogP contribution is 2.04. The van der Waals surface area contributed by atoms with Gasteiger partial charge in [-0.2, -0.15) is 0 Å². The van der Waals surface area contributed by atoms with Crippen LogP contribution in [0.25, 0.3) is 0 Å². The number of hydrogen-bond acceptors (Lipinski definition) is 5. The molecule has 0 aromatic rings. The van der Waals surface area contributed by atoms with Crippen molar-refractivity contribution < 1.29 is 9.53 Å². The normalized spacial score (nSPS) is 25.8. The van der Waals surface area contributed by atoms with E-state index in [4.69, 9.17) is 4.74 Å². The molecule has 15 heavy (non-hydrogen) atoms. The van der Waals surface area contributed by atoms with Crippen molar-refractivity contribution >= 4 is 11.9 Å². The zero-order valence-electron chi connectivity index (χ0n) is 8.82. The monoisotopic (exact) mass is 212 g/mol. The number of piperazine rings is 1. The predicted octanol–water partition coefficient (Wildman–Crippen LogP) is -0.972. The number of amides is 1. The van der Waals surface area contributed by atoms with Gasteiger partial charge < -0.3 is 20.3 Å². The summed E-state index contributed by atoms with van der Waals surface area (Å²) < 4.78 is 4.70. The number of carbonyl (C=O) groups excluding carboxylic acids is 1. The molecular weight excluding hydrogens is 196 g/mol. The summed E-state index contributed by atoms with van der Waals surface area (Å²) in [5.74, 6) is 0.962. The molecule has 1 atom stereocenters. The van der Waals surface area contributed by atoms with E-state index in [1.165, 1.54) is 7.11 Å². The number of carbonyl (C=O) groups is 1. The molecule has 84 valence electrons. The van der Waals surface area contributed by atoms with Crippen LogP contribution in [0.2, 0.25) is 0 Å². The van der Waals surface area contributed by atoms with E-state index >= 15 is 0 Å². The summed E-state index contributed by atoms with van der Waals surface area (Å²) >= 11 is 0. The molecule has 2 N–H and O–H groups in total. The van der Waals surface area contributed by atoms with Crippen LogP contribution >= 0.6 is 0 Å². The van der Waals surface area contributed by atoms with Gasteiger partial charge in [-0.25, -0.2) is 4.79 Å². The number of nitrogens with zero attached hydrogens (tertiary/aromatic N) is 2. The quantitative estimate of drug-likeness (QED) is 0.587. The lowest BCUT2D eigenvalue weighted by Gasteiger charge is -2.32. The van der Waals surface area contributed by atoms with E-state index in [-0.39, 0.29) is 12.1 Å². The first-order chi connectivity index (χ1) is 7.31. The van der Waals surface area contributed by atoms with Crippen LogP contribution in [0.1, 0.15) is 0 Å². The van der Waals surface area contributed by atoms with E-state index in [0.29, 0.717) is 13.1 Å². The van der Waals surface area contributed by atoms with Gasteiger partial charge in [-0.15, -0.1) is 0 Å². The fraction of sp³-hybridized carbons (Fsp3) is 0.778. The Bertz CT molecular complexity index is 279. The highest BCUT2D eigenvalue weighted by molar-refractivity contribution is 5.89. The van der Waals surface area contributed by atoms with E-state index in [1.807, 2.05) is 0 Å². The third-order valence-electron chi connectivity index (χ3n) is 2.64. The fourth-order valence-corrected chi connectivity index (χ4v) is 1.88. The minimum absolute atomic E-state index is 0.125. The van der Waals surface area contributed by atoms with Gasteiger partial charge >= 0.3 is 6.09 Å². The van der Waals surface area contributed by atoms with Crippen molar-refractivity contribution in [1.29, 1.82) is 0 Å². The SMILES string of the molecule is COC(=O)N1CCNC(C2=NCCN2)C1. The lowest BCUT2D eigenvalue weighted by atomic mass is 10.2. The number of hydrogen-bond donors (Lipinski definition) is 2. The maximum absolute atomic E-state index is 11.3. The molecule has 0 saturated carbocycles. The Balaban J connectivity index is 1.94. The Kier molecular flexibility index (Phi) is 3.05. The average molecular weight is 212 g/mol. The number of amidine groups is 1. The summed E-state index contributed by atoms with van der Waals surface area (Å²) in [5, 5.41) is 6.54. The Morgan fingerprint density at radius 3 is 3.13 bits per heavy atom. The molecule has 0 aromatic carbocycles. The van der Waals surface area contributed by atoms with Crippen molar-refractivity contribution in [3.05, 3.63) is 0 Å². The summed E-state index contributed by atoms with van der Waals surface area (Å²) in [6, 6.07) is 0.125. The maximum atomic E-state index is 11.3. The first-order valence-electron chi connectivity index (χ1n) is 5.16. The van der Waals surface area contributed by atoms with Gasteiger partial charge in [-0.05, 0) is 0 Å². The minimum Gasteiger partial charge on any atom is -0.453 e. The molecule has 0 radical (unpaired) electrons. The lowest BCUT2D eigenvalue weighted by Crippen LogP contribution is -2.57. The van der Waals surface area contributed by atoms with Gasteiger partial charge in [0.15, 0.2) is 0 Å². The Labute approximate surface area is 88.7 Å². The lowest BCUT2D eigenvalue weighted by molar-refractivity contribution is 0.114. The molecule has 0 aliphatic carbocycles. The number of methoxy groups -OCH3 is 1. The zero-order valence-corrected chi connectivity index (χ0v) is 8.82. The van der Waals surface area contributed by atoms with Crippen LogP contribution in [0.15, 0.2) is 4.99 Å². The molecule has 0 bridgehead atoms. The van der Waals surface area contributed by atoms with Gasteiger partial charge in [0.2, 0.25) is 0 Å². The zero-order chi connectivity index (χ0) is 10.7. The van der Waals surface area contributed by atoms with Crippen LogP contribution in [0.5, 0.6) is 0 Å². The molecular formula is C9H16N4O2. The summed E-state index contributed by atoms with van der Waals surface area (Å²) in [6.45, 7) is 3.81. The summed E-state index contributed by atoms with van der Waals surface area (Å²) in [5.41, 5.74) is 0. The third-order valence-corrected chi connectivity index (χ3v) is 2.64. The summed E-state index contributed by atoms with van der Waals surface area (Å²) in [4.78, 5) is 17.4. The molecule has 0 spiro atoms. The predicted molar refractivity (Wildman–Crippen MR) is 56.1 cm³/mol. The van der Waals surface area contributed by atoms with Crippen molar-refractivity contribution in [3.8, 4) is 0 Å². The van der Waals surface area contributed by atoms with Gasteiger partial charge in [0.1, 0.15) is 5.84 Å². The van der Waals surface area contributed by atoms with Crippen molar-refractivity contribution in [1.82, 2.24) is 15.5 Å². The highest BCUT2D eigenvalue weighted by Gasteiger charge is 2.27. The Morgan fingerprint density at radius 1 is 1.60 bits per heavy atom.